The number of hydrogen-bond donors (Lipinski definition) is 2. The van der Waals surface area contributed by atoms with Gasteiger partial charge in [-0.25, -0.2) is 0 Å². The van der Waals surface area contributed by atoms with E-state index in [4.69, 9.17) is 16.7 Å². The largest absolute Gasteiger partial charge is 0.396 e. The lowest BCUT2D eigenvalue weighted by molar-refractivity contribution is 0.0934. The normalized spacial score (nSPS) is 12.2. The summed E-state index contributed by atoms with van der Waals surface area (Å²) in [6.07, 6.45) is 0.525. The molecule has 1 aromatic rings. The molecule has 0 aliphatic heterocycles. The fourth-order valence-electron chi connectivity index (χ4n) is 1.24. The summed E-state index contributed by atoms with van der Waals surface area (Å²) < 4.78 is 0.803. The molecule has 16 heavy (non-hydrogen) atoms. The average Bonchev–Trinajstić information content (AvgIpc) is 2.21. The Labute approximate surface area is 108 Å². The average molecular weight is 307 g/mol. The Hall–Kier alpha value is -0.580. The highest BCUT2D eigenvalue weighted by Gasteiger charge is 2.13. The van der Waals surface area contributed by atoms with Crippen molar-refractivity contribution in [1.82, 2.24) is 5.32 Å². The third kappa shape index (κ3) is 3.77. The zero-order valence-corrected chi connectivity index (χ0v) is 11.2. The molecule has 5 heteroatoms. The maximum absolute atomic E-state index is 11.8. The van der Waals surface area contributed by atoms with Gasteiger partial charge in [0.2, 0.25) is 0 Å². The number of benzene rings is 1. The molecule has 3 nitrogen and oxygen atoms in total. The zero-order chi connectivity index (χ0) is 12.1. The van der Waals surface area contributed by atoms with Gasteiger partial charge in [-0.15, -0.1) is 0 Å². The summed E-state index contributed by atoms with van der Waals surface area (Å²) in [5, 5.41) is 11.9. The smallest absolute Gasteiger partial charge is 0.253 e. The number of hydrogen-bond acceptors (Lipinski definition) is 2. The van der Waals surface area contributed by atoms with Gasteiger partial charge in [-0.2, -0.15) is 0 Å². The fraction of sp³-hybridized carbons (Fsp3) is 0.364. The molecule has 2 N–H and O–H groups in total. The lowest BCUT2D eigenvalue weighted by Gasteiger charge is -2.13. The number of rotatable bonds is 4. The van der Waals surface area contributed by atoms with Crippen molar-refractivity contribution < 1.29 is 9.90 Å². The van der Waals surface area contributed by atoms with Gasteiger partial charge in [-0.1, -0.05) is 27.5 Å². The van der Waals surface area contributed by atoms with Gasteiger partial charge in [0, 0.05) is 17.1 Å². The summed E-state index contributed by atoms with van der Waals surface area (Å²) in [7, 11) is 0. The van der Waals surface area contributed by atoms with Crippen molar-refractivity contribution in [2.75, 3.05) is 6.61 Å². The molecule has 0 bridgehead atoms. The lowest BCUT2D eigenvalue weighted by atomic mass is 10.2. The first-order valence-electron chi connectivity index (χ1n) is 4.91. The van der Waals surface area contributed by atoms with E-state index in [0.29, 0.717) is 17.0 Å². The summed E-state index contributed by atoms with van der Waals surface area (Å²) in [4.78, 5) is 11.8. The number of aliphatic hydroxyl groups is 1. The number of halogens is 2. The third-order valence-corrected chi connectivity index (χ3v) is 2.94. The minimum absolute atomic E-state index is 0.0493. The van der Waals surface area contributed by atoms with Crippen LogP contribution in [0.2, 0.25) is 5.02 Å². The van der Waals surface area contributed by atoms with Crippen molar-refractivity contribution in [3.63, 3.8) is 0 Å². The van der Waals surface area contributed by atoms with Crippen molar-refractivity contribution >= 4 is 33.4 Å². The first-order chi connectivity index (χ1) is 7.54. The van der Waals surface area contributed by atoms with Crippen LogP contribution in [0.3, 0.4) is 0 Å². The molecule has 1 rings (SSSR count). The predicted molar refractivity (Wildman–Crippen MR) is 67.8 cm³/mol. The minimum Gasteiger partial charge on any atom is -0.396 e. The Morgan fingerprint density at radius 3 is 2.94 bits per heavy atom. The van der Waals surface area contributed by atoms with Crippen molar-refractivity contribution in [1.29, 1.82) is 0 Å². The van der Waals surface area contributed by atoms with Gasteiger partial charge in [0.05, 0.1) is 10.6 Å². The highest BCUT2D eigenvalue weighted by atomic mass is 79.9. The number of aliphatic hydroxyl groups excluding tert-OH is 1. The van der Waals surface area contributed by atoms with Crippen molar-refractivity contribution in [2.45, 2.75) is 19.4 Å². The van der Waals surface area contributed by atoms with Gasteiger partial charge in [-0.3, -0.25) is 4.79 Å². The van der Waals surface area contributed by atoms with Crippen LogP contribution in [0.15, 0.2) is 22.7 Å². The second-order valence-corrected chi connectivity index (χ2v) is 4.83. The Morgan fingerprint density at radius 1 is 1.62 bits per heavy atom. The predicted octanol–water partition coefficient (Wildman–Crippen LogP) is 2.60. The minimum atomic E-state index is -0.229. The molecule has 1 amide bonds. The summed E-state index contributed by atoms with van der Waals surface area (Å²) in [5.74, 6) is -0.229. The molecule has 0 saturated heterocycles. The van der Waals surface area contributed by atoms with Crippen molar-refractivity contribution in [2.24, 2.45) is 0 Å². The van der Waals surface area contributed by atoms with Crippen LogP contribution in [0.1, 0.15) is 23.7 Å². The molecular formula is C11H13BrClNO2. The van der Waals surface area contributed by atoms with Gasteiger partial charge in [0.15, 0.2) is 0 Å². The van der Waals surface area contributed by atoms with Crippen LogP contribution in [-0.4, -0.2) is 23.7 Å². The second kappa shape index (κ2) is 6.23. The Kier molecular flexibility index (Phi) is 5.25. The number of carbonyl (C=O) groups excluding carboxylic acids is 1. The first kappa shape index (κ1) is 13.5. The number of amides is 1. The maximum atomic E-state index is 11.8. The van der Waals surface area contributed by atoms with Crippen LogP contribution < -0.4 is 5.32 Å². The molecular weight excluding hydrogens is 293 g/mol. The standard InChI is InChI=1S/C11H13BrClNO2/c1-7(4-5-15)14-11(16)9-6-8(12)2-3-10(9)13/h2-3,6-7,15H,4-5H2,1H3,(H,14,16). The van der Waals surface area contributed by atoms with E-state index >= 15 is 0 Å². The Morgan fingerprint density at radius 2 is 2.31 bits per heavy atom. The van der Waals surface area contributed by atoms with Crippen LogP contribution in [0.5, 0.6) is 0 Å². The maximum Gasteiger partial charge on any atom is 0.253 e. The zero-order valence-electron chi connectivity index (χ0n) is 8.84. The fourth-order valence-corrected chi connectivity index (χ4v) is 1.80. The van der Waals surface area contributed by atoms with Crippen LogP contribution >= 0.6 is 27.5 Å². The molecule has 0 aliphatic carbocycles. The highest BCUT2D eigenvalue weighted by molar-refractivity contribution is 9.10. The molecule has 0 aliphatic rings. The van der Waals surface area contributed by atoms with Crippen molar-refractivity contribution in [3.8, 4) is 0 Å². The third-order valence-electron chi connectivity index (χ3n) is 2.11. The lowest BCUT2D eigenvalue weighted by Crippen LogP contribution is -2.33. The molecule has 0 fully saturated rings. The van der Waals surface area contributed by atoms with Gasteiger partial charge < -0.3 is 10.4 Å². The molecule has 0 heterocycles. The van der Waals surface area contributed by atoms with Crippen LogP contribution in [0.25, 0.3) is 0 Å². The molecule has 0 saturated carbocycles. The van der Waals surface area contributed by atoms with Gasteiger partial charge in [-0.05, 0) is 31.5 Å². The van der Waals surface area contributed by atoms with Crippen LogP contribution in [-0.2, 0) is 0 Å². The van der Waals surface area contributed by atoms with E-state index in [9.17, 15) is 4.79 Å². The SMILES string of the molecule is CC(CCO)NC(=O)c1cc(Br)ccc1Cl. The number of carbonyl (C=O) groups is 1. The quantitative estimate of drug-likeness (QED) is 0.898. The Bertz CT molecular complexity index is 384. The van der Waals surface area contributed by atoms with E-state index in [2.05, 4.69) is 21.2 Å². The van der Waals surface area contributed by atoms with E-state index in [1.54, 1.807) is 18.2 Å². The van der Waals surface area contributed by atoms with Crippen LogP contribution in [0, 0.1) is 0 Å². The summed E-state index contributed by atoms with van der Waals surface area (Å²) >= 11 is 9.20. The monoisotopic (exact) mass is 305 g/mol. The molecule has 0 spiro atoms. The molecule has 0 aromatic heterocycles. The number of nitrogens with one attached hydrogen (secondary N) is 1. The van der Waals surface area contributed by atoms with Gasteiger partial charge in [0.1, 0.15) is 0 Å². The molecule has 1 atom stereocenters. The molecule has 1 aromatic carbocycles. The van der Waals surface area contributed by atoms with Crippen molar-refractivity contribution in [3.05, 3.63) is 33.3 Å². The van der Waals surface area contributed by atoms with Gasteiger partial charge in [0.25, 0.3) is 5.91 Å². The van der Waals surface area contributed by atoms with E-state index in [1.165, 1.54) is 0 Å². The summed E-state index contributed by atoms with van der Waals surface area (Å²) in [5.41, 5.74) is 0.431. The summed E-state index contributed by atoms with van der Waals surface area (Å²) in [6.45, 7) is 1.88. The molecule has 1 unspecified atom stereocenters. The Balaban J connectivity index is 2.76. The topological polar surface area (TPSA) is 49.3 Å². The van der Waals surface area contributed by atoms with E-state index in [-0.39, 0.29) is 18.6 Å². The van der Waals surface area contributed by atoms with E-state index in [1.807, 2.05) is 6.92 Å². The highest BCUT2D eigenvalue weighted by Crippen LogP contribution is 2.20. The van der Waals surface area contributed by atoms with Crippen LogP contribution in [0.4, 0.5) is 0 Å². The molecule has 88 valence electrons. The first-order valence-corrected chi connectivity index (χ1v) is 6.08. The van der Waals surface area contributed by atoms with E-state index < -0.39 is 0 Å². The molecule has 0 radical (unpaired) electrons. The van der Waals surface area contributed by atoms with Gasteiger partial charge >= 0.3 is 0 Å². The summed E-state index contributed by atoms with van der Waals surface area (Å²) in [6, 6.07) is 5.03. The second-order valence-electron chi connectivity index (χ2n) is 3.51. The van der Waals surface area contributed by atoms with E-state index in [0.717, 1.165) is 4.47 Å².